The fourth-order valence-electron chi connectivity index (χ4n) is 2.89. The average molecular weight is 290 g/mol. The number of nitrogens with zero attached hydrogens (tertiary/aromatic N) is 1. The number of aliphatic hydroxyl groups is 1. The summed E-state index contributed by atoms with van der Waals surface area (Å²) in [6.45, 7) is 5.14. The fourth-order valence-corrected chi connectivity index (χ4v) is 2.89. The van der Waals surface area contributed by atoms with E-state index in [1.807, 2.05) is 19.1 Å². The number of hydrogen-bond donors (Lipinski definition) is 2. The molecule has 1 aliphatic rings. The molecular formula is C17H26N2O2. The molecule has 0 bridgehead atoms. The third-order valence-electron chi connectivity index (χ3n) is 4.36. The van der Waals surface area contributed by atoms with E-state index in [2.05, 4.69) is 29.3 Å². The second kappa shape index (κ2) is 7.57. The lowest BCUT2D eigenvalue weighted by Gasteiger charge is -2.36. The molecule has 1 atom stereocenters. The van der Waals surface area contributed by atoms with Crippen LogP contribution in [0.1, 0.15) is 43.4 Å². The van der Waals surface area contributed by atoms with Crippen molar-refractivity contribution in [2.75, 3.05) is 19.7 Å². The molecule has 0 heterocycles. The second-order valence-electron chi connectivity index (χ2n) is 5.92. The van der Waals surface area contributed by atoms with Crippen molar-refractivity contribution >= 4 is 5.91 Å². The first kappa shape index (κ1) is 16.0. The summed E-state index contributed by atoms with van der Waals surface area (Å²) in [6, 6.07) is 8.60. The van der Waals surface area contributed by atoms with Crippen molar-refractivity contribution in [3.8, 4) is 0 Å². The molecule has 1 saturated carbocycles. The number of aliphatic hydroxyl groups excluding tert-OH is 1. The first-order valence-electron chi connectivity index (χ1n) is 7.81. The van der Waals surface area contributed by atoms with Crippen LogP contribution in [-0.2, 0) is 4.79 Å². The molecule has 4 nitrogen and oxygen atoms in total. The van der Waals surface area contributed by atoms with Gasteiger partial charge in [0.05, 0.1) is 19.2 Å². The Morgan fingerprint density at radius 1 is 1.43 bits per heavy atom. The minimum Gasteiger partial charge on any atom is -0.395 e. The number of carbonyl (C=O) groups is 1. The average Bonchev–Trinajstić information content (AvgIpc) is 2.37. The van der Waals surface area contributed by atoms with E-state index < -0.39 is 0 Å². The Labute approximate surface area is 127 Å². The lowest BCUT2D eigenvalue weighted by Crippen LogP contribution is -2.47. The van der Waals surface area contributed by atoms with Crippen molar-refractivity contribution in [1.29, 1.82) is 0 Å². The Hall–Kier alpha value is -1.39. The second-order valence-corrected chi connectivity index (χ2v) is 5.92. The molecule has 1 fully saturated rings. The van der Waals surface area contributed by atoms with Crippen molar-refractivity contribution in [3.63, 3.8) is 0 Å². The van der Waals surface area contributed by atoms with Crippen LogP contribution in [0.25, 0.3) is 0 Å². The van der Waals surface area contributed by atoms with E-state index in [0.717, 1.165) is 18.4 Å². The SMILES string of the molecule is Cc1ccccc1C(C)NC(=O)CN(CCO)C1CCC1. The number of rotatable bonds is 7. The quantitative estimate of drug-likeness (QED) is 0.808. The van der Waals surface area contributed by atoms with Gasteiger partial charge in [-0.1, -0.05) is 30.7 Å². The van der Waals surface area contributed by atoms with Gasteiger partial charge in [0, 0.05) is 12.6 Å². The highest BCUT2D eigenvalue weighted by Crippen LogP contribution is 2.24. The highest BCUT2D eigenvalue weighted by Gasteiger charge is 2.26. The monoisotopic (exact) mass is 290 g/mol. The molecule has 0 radical (unpaired) electrons. The molecule has 1 aliphatic carbocycles. The Balaban J connectivity index is 1.89. The van der Waals surface area contributed by atoms with E-state index >= 15 is 0 Å². The first-order chi connectivity index (χ1) is 10.1. The maximum Gasteiger partial charge on any atom is 0.234 e. The Kier molecular flexibility index (Phi) is 5.76. The Morgan fingerprint density at radius 2 is 2.14 bits per heavy atom. The van der Waals surface area contributed by atoms with E-state index in [1.165, 1.54) is 12.0 Å². The first-order valence-corrected chi connectivity index (χ1v) is 7.81. The zero-order valence-corrected chi connectivity index (χ0v) is 13.0. The third kappa shape index (κ3) is 4.29. The van der Waals surface area contributed by atoms with Crippen molar-refractivity contribution in [3.05, 3.63) is 35.4 Å². The summed E-state index contributed by atoms with van der Waals surface area (Å²) in [7, 11) is 0. The number of carbonyl (C=O) groups excluding carboxylic acids is 1. The molecule has 1 unspecified atom stereocenters. The van der Waals surface area contributed by atoms with Crippen LogP contribution in [0.4, 0.5) is 0 Å². The Morgan fingerprint density at radius 3 is 2.71 bits per heavy atom. The van der Waals surface area contributed by atoms with E-state index in [4.69, 9.17) is 5.11 Å². The summed E-state index contributed by atoms with van der Waals surface area (Å²) < 4.78 is 0. The standard InChI is InChI=1S/C17H26N2O2/c1-13-6-3-4-9-16(13)14(2)18-17(21)12-19(10-11-20)15-7-5-8-15/h3-4,6,9,14-15,20H,5,7-8,10-12H2,1-2H3,(H,18,21). The molecule has 21 heavy (non-hydrogen) atoms. The van der Waals surface area contributed by atoms with E-state index in [-0.39, 0.29) is 18.6 Å². The summed E-state index contributed by atoms with van der Waals surface area (Å²) in [6.07, 6.45) is 3.51. The van der Waals surface area contributed by atoms with Gasteiger partial charge in [-0.25, -0.2) is 0 Å². The van der Waals surface area contributed by atoms with E-state index in [1.54, 1.807) is 0 Å². The molecule has 0 saturated heterocycles. The number of nitrogens with one attached hydrogen (secondary N) is 1. The maximum atomic E-state index is 12.2. The number of amides is 1. The van der Waals surface area contributed by atoms with Crippen molar-refractivity contribution < 1.29 is 9.90 Å². The van der Waals surface area contributed by atoms with Gasteiger partial charge in [0.2, 0.25) is 5.91 Å². The molecule has 0 spiro atoms. The minimum atomic E-state index is 0.0102. The van der Waals surface area contributed by atoms with Crippen LogP contribution < -0.4 is 5.32 Å². The highest BCUT2D eigenvalue weighted by atomic mass is 16.3. The predicted molar refractivity (Wildman–Crippen MR) is 84.0 cm³/mol. The molecule has 116 valence electrons. The van der Waals surface area contributed by atoms with Gasteiger partial charge in [-0.2, -0.15) is 0 Å². The maximum absolute atomic E-state index is 12.2. The summed E-state index contributed by atoms with van der Waals surface area (Å²) in [5, 5.41) is 12.2. The van der Waals surface area contributed by atoms with Crippen molar-refractivity contribution in [2.45, 2.75) is 45.2 Å². The molecule has 4 heteroatoms. The Bertz CT molecular complexity index is 472. The van der Waals surface area contributed by atoms with Crippen LogP contribution in [0.5, 0.6) is 0 Å². The molecule has 0 aliphatic heterocycles. The van der Waals surface area contributed by atoms with Gasteiger partial charge in [-0.3, -0.25) is 9.69 Å². The van der Waals surface area contributed by atoms with E-state index in [0.29, 0.717) is 19.1 Å². The normalized spacial score (nSPS) is 16.6. The third-order valence-corrected chi connectivity index (χ3v) is 4.36. The molecular weight excluding hydrogens is 264 g/mol. The van der Waals surface area contributed by atoms with Gasteiger partial charge >= 0.3 is 0 Å². The van der Waals surface area contributed by atoms with Crippen LogP contribution in [-0.4, -0.2) is 41.7 Å². The predicted octanol–water partition coefficient (Wildman–Crippen LogP) is 2.02. The van der Waals surface area contributed by atoms with Crippen LogP contribution in [0.15, 0.2) is 24.3 Å². The van der Waals surface area contributed by atoms with Crippen LogP contribution in [0, 0.1) is 6.92 Å². The zero-order chi connectivity index (χ0) is 15.2. The molecule has 1 aromatic rings. The van der Waals surface area contributed by atoms with Gasteiger partial charge in [-0.05, 0) is 37.8 Å². The smallest absolute Gasteiger partial charge is 0.234 e. The van der Waals surface area contributed by atoms with E-state index in [9.17, 15) is 4.79 Å². The van der Waals surface area contributed by atoms with Crippen LogP contribution in [0.3, 0.4) is 0 Å². The summed E-state index contributed by atoms with van der Waals surface area (Å²) in [4.78, 5) is 14.3. The van der Waals surface area contributed by atoms with Gasteiger partial charge in [0.1, 0.15) is 0 Å². The largest absolute Gasteiger partial charge is 0.395 e. The molecule has 2 rings (SSSR count). The minimum absolute atomic E-state index is 0.0102. The number of hydrogen-bond acceptors (Lipinski definition) is 3. The lowest BCUT2D eigenvalue weighted by molar-refractivity contribution is -0.124. The van der Waals surface area contributed by atoms with Gasteiger partial charge in [0.25, 0.3) is 0 Å². The van der Waals surface area contributed by atoms with Crippen LogP contribution in [0.2, 0.25) is 0 Å². The topological polar surface area (TPSA) is 52.6 Å². The molecule has 1 amide bonds. The highest BCUT2D eigenvalue weighted by molar-refractivity contribution is 5.78. The summed E-state index contributed by atoms with van der Waals surface area (Å²) in [5.41, 5.74) is 2.35. The summed E-state index contributed by atoms with van der Waals surface area (Å²) >= 11 is 0. The molecule has 0 aromatic heterocycles. The van der Waals surface area contributed by atoms with Gasteiger partial charge < -0.3 is 10.4 Å². The summed E-state index contributed by atoms with van der Waals surface area (Å²) in [5.74, 6) is 0.0334. The fraction of sp³-hybridized carbons (Fsp3) is 0.588. The van der Waals surface area contributed by atoms with Crippen LogP contribution >= 0.6 is 0 Å². The number of benzene rings is 1. The van der Waals surface area contributed by atoms with Crippen molar-refractivity contribution in [2.24, 2.45) is 0 Å². The van der Waals surface area contributed by atoms with Gasteiger partial charge in [-0.15, -0.1) is 0 Å². The van der Waals surface area contributed by atoms with Crippen molar-refractivity contribution in [1.82, 2.24) is 10.2 Å². The zero-order valence-electron chi connectivity index (χ0n) is 13.0. The number of aryl methyl sites for hydroxylation is 1. The van der Waals surface area contributed by atoms with Gasteiger partial charge in [0.15, 0.2) is 0 Å². The lowest BCUT2D eigenvalue weighted by atomic mass is 9.91. The molecule has 1 aromatic carbocycles. The molecule has 2 N–H and O–H groups in total.